The number of carboxylic acids is 1. The molecule has 4 rings (SSSR count). The summed E-state index contributed by atoms with van der Waals surface area (Å²) in [6.45, 7) is 1.74. The highest BCUT2D eigenvalue weighted by Crippen LogP contribution is 2.63. The summed E-state index contributed by atoms with van der Waals surface area (Å²) >= 11 is 0. The van der Waals surface area contributed by atoms with E-state index in [1.165, 1.54) is 19.3 Å². The fourth-order valence-electron chi connectivity index (χ4n) is 4.97. The summed E-state index contributed by atoms with van der Waals surface area (Å²) in [5.41, 5.74) is 5.03. The second-order valence-corrected chi connectivity index (χ2v) is 6.71. The van der Waals surface area contributed by atoms with Crippen LogP contribution in [0, 0.1) is 23.2 Å². The molecule has 1 atom stereocenters. The number of rotatable bonds is 2. The summed E-state index contributed by atoms with van der Waals surface area (Å²) in [6, 6.07) is 0. The zero-order chi connectivity index (χ0) is 11.6. The van der Waals surface area contributed by atoms with Crippen LogP contribution in [0.4, 0.5) is 0 Å². The summed E-state index contributed by atoms with van der Waals surface area (Å²) in [5.74, 6) is 1.46. The largest absolute Gasteiger partial charge is 0.480 e. The van der Waals surface area contributed by atoms with Gasteiger partial charge in [0.15, 0.2) is 0 Å². The van der Waals surface area contributed by atoms with Crippen LogP contribution in [0.2, 0.25) is 0 Å². The molecule has 0 saturated heterocycles. The lowest BCUT2D eigenvalue weighted by atomic mass is 9.45. The van der Waals surface area contributed by atoms with Gasteiger partial charge in [0.25, 0.3) is 0 Å². The van der Waals surface area contributed by atoms with Crippen LogP contribution in [0.15, 0.2) is 0 Å². The number of aliphatic carboxylic acids is 1. The monoisotopic (exact) mass is 223 g/mol. The van der Waals surface area contributed by atoms with Crippen LogP contribution in [0.5, 0.6) is 0 Å². The summed E-state index contributed by atoms with van der Waals surface area (Å²) in [4.78, 5) is 11.4. The Morgan fingerprint density at radius 2 is 1.56 bits per heavy atom. The normalized spacial score (nSPS) is 49.0. The molecule has 0 amide bonds. The Bertz CT molecular complexity index is 300. The van der Waals surface area contributed by atoms with Crippen LogP contribution >= 0.6 is 0 Å². The van der Waals surface area contributed by atoms with Crippen molar-refractivity contribution < 1.29 is 9.90 Å². The van der Waals surface area contributed by atoms with E-state index in [-0.39, 0.29) is 5.41 Å². The zero-order valence-electron chi connectivity index (χ0n) is 9.91. The molecule has 0 radical (unpaired) electrons. The van der Waals surface area contributed by atoms with Crippen molar-refractivity contribution in [1.82, 2.24) is 0 Å². The zero-order valence-corrected chi connectivity index (χ0v) is 9.91. The van der Waals surface area contributed by atoms with Crippen molar-refractivity contribution in [2.75, 3.05) is 0 Å². The predicted octanol–water partition coefficient (Wildman–Crippen LogP) is 2.00. The first-order valence-electron chi connectivity index (χ1n) is 6.45. The molecule has 4 aliphatic carbocycles. The third-order valence-corrected chi connectivity index (χ3v) is 5.58. The van der Waals surface area contributed by atoms with E-state index in [1.807, 2.05) is 0 Å². The summed E-state index contributed by atoms with van der Waals surface area (Å²) in [7, 11) is 0. The van der Waals surface area contributed by atoms with Crippen LogP contribution in [0.3, 0.4) is 0 Å². The molecule has 3 heteroatoms. The molecule has 4 fully saturated rings. The van der Waals surface area contributed by atoms with E-state index in [1.54, 1.807) is 6.92 Å². The number of nitrogens with two attached hydrogens (primary N) is 1. The van der Waals surface area contributed by atoms with Gasteiger partial charge in [-0.15, -0.1) is 0 Å². The van der Waals surface area contributed by atoms with Crippen LogP contribution in [-0.2, 0) is 4.79 Å². The molecule has 3 nitrogen and oxygen atoms in total. The van der Waals surface area contributed by atoms with Gasteiger partial charge in [-0.2, -0.15) is 0 Å². The molecule has 0 aromatic carbocycles. The summed E-state index contributed by atoms with van der Waals surface area (Å²) in [5, 5.41) is 9.38. The second-order valence-electron chi connectivity index (χ2n) is 6.71. The van der Waals surface area contributed by atoms with Gasteiger partial charge < -0.3 is 10.8 Å². The van der Waals surface area contributed by atoms with Crippen molar-refractivity contribution in [2.45, 2.75) is 51.0 Å². The lowest BCUT2D eigenvalue weighted by molar-refractivity contribution is -0.160. The minimum absolute atomic E-state index is 0.104. The molecular formula is C13H21NO2. The maximum Gasteiger partial charge on any atom is 0.323 e. The quantitative estimate of drug-likeness (QED) is 0.752. The topological polar surface area (TPSA) is 63.3 Å². The van der Waals surface area contributed by atoms with E-state index in [0.29, 0.717) is 0 Å². The van der Waals surface area contributed by atoms with Crippen molar-refractivity contribution in [3.63, 3.8) is 0 Å². The van der Waals surface area contributed by atoms with Gasteiger partial charge in [-0.25, -0.2) is 0 Å². The van der Waals surface area contributed by atoms with Crippen molar-refractivity contribution in [3.8, 4) is 0 Å². The molecule has 0 aromatic heterocycles. The maximum absolute atomic E-state index is 11.4. The highest BCUT2D eigenvalue weighted by molar-refractivity contribution is 5.79. The maximum atomic E-state index is 11.4. The smallest absolute Gasteiger partial charge is 0.323 e. The summed E-state index contributed by atoms with van der Waals surface area (Å²) in [6.07, 6.45) is 7.15. The first kappa shape index (κ1) is 10.6. The predicted molar refractivity (Wildman–Crippen MR) is 60.8 cm³/mol. The first-order chi connectivity index (χ1) is 7.43. The number of carbonyl (C=O) groups is 1. The third-order valence-electron chi connectivity index (χ3n) is 5.58. The molecule has 0 spiro atoms. The number of hydrogen-bond acceptors (Lipinski definition) is 2. The SMILES string of the molecule is C[C@@](N)(C(=O)O)C12CC3CC(CC(C3)C1)C2. The lowest BCUT2D eigenvalue weighted by Gasteiger charge is -2.60. The lowest BCUT2D eigenvalue weighted by Crippen LogP contribution is -2.64. The number of hydrogen-bond donors (Lipinski definition) is 2. The molecule has 90 valence electrons. The molecule has 0 aromatic rings. The Morgan fingerprint density at radius 1 is 1.19 bits per heavy atom. The second kappa shape index (κ2) is 3.00. The molecule has 0 aliphatic heterocycles. The van der Waals surface area contributed by atoms with Crippen molar-refractivity contribution in [3.05, 3.63) is 0 Å². The highest BCUT2D eigenvalue weighted by atomic mass is 16.4. The van der Waals surface area contributed by atoms with Gasteiger partial charge in [0, 0.05) is 0 Å². The molecule has 4 aliphatic rings. The van der Waals surface area contributed by atoms with Gasteiger partial charge in [0.05, 0.1) is 0 Å². The van der Waals surface area contributed by atoms with E-state index in [2.05, 4.69) is 0 Å². The van der Waals surface area contributed by atoms with Crippen LogP contribution in [-0.4, -0.2) is 16.6 Å². The Morgan fingerprint density at radius 3 is 1.88 bits per heavy atom. The standard InChI is InChI=1S/C13H21NO2/c1-12(14,11(15)16)13-5-8-2-9(6-13)4-10(3-8)7-13/h8-10H,2-7,14H2,1H3,(H,15,16)/t8?,9?,10?,12-,13?/m1/s1. The molecular weight excluding hydrogens is 202 g/mol. The minimum atomic E-state index is -1.02. The van der Waals surface area contributed by atoms with E-state index < -0.39 is 11.5 Å². The molecule has 0 unspecified atom stereocenters. The first-order valence-corrected chi connectivity index (χ1v) is 6.45. The van der Waals surface area contributed by atoms with Gasteiger partial charge in [-0.05, 0) is 68.6 Å². The fraction of sp³-hybridized carbons (Fsp3) is 0.923. The molecule has 3 N–H and O–H groups in total. The van der Waals surface area contributed by atoms with E-state index in [9.17, 15) is 9.90 Å². The highest BCUT2D eigenvalue weighted by Gasteiger charge is 2.60. The van der Waals surface area contributed by atoms with E-state index in [4.69, 9.17) is 5.73 Å². The van der Waals surface area contributed by atoms with Crippen molar-refractivity contribution in [2.24, 2.45) is 28.9 Å². The van der Waals surface area contributed by atoms with Gasteiger partial charge in [-0.1, -0.05) is 0 Å². The van der Waals surface area contributed by atoms with Gasteiger partial charge in [0.1, 0.15) is 5.54 Å². The van der Waals surface area contributed by atoms with Crippen molar-refractivity contribution in [1.29, 1.82) is 0 Å². The van der Waals surface area contributed by atoms with Crippen LogP contribution in [0.25, 0.3) is 0 Å². The van der Waals surface area contributed by atoms with Crippen molar-refractivity contribution >= 4 is 5.97 Å². The molecule has 16 heavy (non-hydrogen) atoms. The molecule has 0 heterocycles. The average molecular weight is 223 g/mol. The molecule has 4 bridgehead atoms. The Labute approximate surface area is 96.4 Å². The Kier molecular flexibility index (Phi) is 1.99. The van der Waals surface area contributed by atoms with Crippen LogP contribution in [0.1, 0.15) is 45.4 Å². The summed E-state index contributed by atoms with van der Waals surface area (Å²) < 4.78 is 0. The van der Waals surface area contributed by atoms with E-state index >= 15 is 0 Å². The molecule has 4 saturated carbocycles. The Hall–Kier alpha value is -0.570. The fourth-order valence-corrected chi connectivity index (χ4v) is 4.97. The minimum Gasteiger partial charge on any atom is -0.480 e. The average Bonchev–Trinajstić information content (AvgIpc) is 2.14. The van der Waals surface area contributed by atoms with E-state index in [0.717, 1.165) is 37.0 Å². The van der Waals surface area contributed by atoms with Crippen LogP contribution < -0.4 is 5.73 Å². The Balaban J connectivity index is 1.97. The van der Waals surface area contributed by atoms with Gasteiger partial charge >= 0.3 is 5.97 Å². The third kappa shape index (κ3) is 1.21. The van der Waals surface area contributed by atoms with Gasteiger partial charge in [-0.3, -0.25) is 4.79 Å². The van der Waals surface area contributed by atoms with Gasteiger partial charge in [0.2, 0.25) is 0 Å². The number of carboxylic acid groups (broad SMARTS) is 1.